The van der Waals surface area contributed by atoms with Gasteiger partial charge in [-0.05, 0) is 29.7 Å². The fourth-order valence-electron chi connectivity index (χ4n) is 1.60. The second-order valence-electron chi connectivity index (χ2n) is 3.69. The highest BCUT2D eigenvalue weighted by atomic mass is 19.4. The summed E-state index contributed by atoms with van der Waals surface area (Å²) in [6.07, 6.45) is -2.94. The third-order valence-corrected chi connectivity index (χ3v) is 2.41. The molecule has 0 unspecified atom stereocenters. The van der Waals surface area contributed by atoms with Gasteiger partial charge in [-0.15, -0.1) is 0 Å². The van der Waals surface area contributed by atoms with Crippen molar-refractivity contribution in [2.24, 2.45) is 5.73 Å². The summed E-state index contributed by atoms with van der Waals surface area (Å²) in [5, 5.41) is 0.978. The molecule has 6 heteroatoms. The molecule has 2 N–H and O–H groups in total. The third kappa shape index (κ3) is 2.53. The van der Waals surface area contributed by atoms with Crippen LogP contribution in [0.5, 0.6) is 5.88 Å². The number of alkyl halides is 3. The lowest BCUT2D eigenvalue weighted by molar-refractivity contribution is -0.137. The lowest BCUT2D eigenvalue weighted by Gasteiger charge is -2.10. The Balaban J connectivity index is 2.46. The van der Waals surface area contributed by atoms with Crippen molar-refractivity contribution in [2.75, 3.05) is 13.2 Å². The quantitative estimate of drug-likeness (QED) is 0.918. The summed E-state index contributed by atoms with van der Waals surface area (Å²) < 4.78 is 42.9. The van der Waals surface area contributed by atoms with Crippen molar-refractivity contribution in [3.63, 3.8) is 0 Å². The molecule has 3 nitrogen and oxygen atoms in total. The Hall–Kier alpha value is -1.82. The van der Waals surface area contributed by atoms with Crippen LogP contribution in [0.1, 0.15) is 5.56 Å². The van der Waals surface area contributed by atoms with Gasteiger partial charge in [-0.1, -0.05) is 0 Å². The number of fused-ring (bicyclic) bond motifs is 1. The van der Waals surface area contributed by atoms with Crippen molar-refractivity contribution in [2.45, 2.75) is 6.18 Å². The zero-order valence-electron chi connectivity index (χ0n) is 9.37. The van der Waals surface area contributed by atoms with E-state index in [2.05, 4.69) is 4.98 Å². The van der Waals surface area contributed by atoms with Crippen molar-refractivity contribution in [3.05, 3.63) is 36.0 Å². The molecule has 2 rings (SSSR count). The minimum atomic E-state index is -4.35. The molecule has 96 valence electrons. The van der Waals surface area contributed by atoms with Crippen LogP contribution < -0.4 is 10.5 Å². The molecule has 0 atom stereocenters. The summed E-state index contributed by atoms with van der Waals surface area (Å²) in [7, 11) is 0. The lowest BCUT2D eigenvalue weighted by atomic mass is 10.1. The number of nitrogens with two attached hydrogens (primary N) is 1. The summed E-state index contributed by atoms with van der Waals surface area (Å²) in [5.41, 5.74) is 4.61. The summed E-state index contributed by atoms with van der Waals surface area (Å²) >= 11 is 0. The topological polar surface area (TPSA) is 48.1 Å². The van der Waals surface area contributed by atoms with E-state index in [0.717, 1.165) is 12.1 Å². The molecule has 1 aromatic heterocycles. The minimum Gasteiger partial charge on any atom is -0.476 e. The van der Waals surface area contributed by atoms with Crippen LogP contribution >= 0.6 is 0 Å². The van der Waals surface area contributed by atoms with Crippen LogP contribution in [-0.2, 0) is 6.18 Å². The van der Waals surface area contributed by atoms with Crippen molar-refractivity contribution in [1.82, 2.24) is 4.98 Å². The van der Waals surface area contributed by atoms with Gasteiger partial charge in [0.2, 0.25) is 5.88 Å². The molecule has 0 saturated carbocycles. The van der Waals surface area contributed by atoms with Gasteiger partial charge >= 0.3 is 6.18 Å². The first-order valence-electron chi connectivity index (χ1n) is 5.31. The van der Waals surface area contributed by atoms with E-state index in [9.17, 15) is 13.2 Å². The monoisotopic (exact) mass is 256 g/mol. The highest BCUT2D eigenvalue weighted by molar-refractivity contribution is 5.87. The van der Waals surface area contributed by atoms with E-state index in [4.69, 9.17) is 10.5 Å². The zero-order chi connectivity index (χ0) is 13.2. The first-order valence-corrected chi connectivity index (χ1v) is 5.31. The summed E-state index contributed by atoms with van der Waals surface area (Å²) in [6, 6.07) is 4.96. The Morgan fingerprint density at radius 1 is 1.22 bits per heavy atom. The van der Waals surface area contributed by atoms with Crippen LogP contribution in [0.4, 0.5) is 13.2 Å². The molecule has 0 spiro atoms. The predicted octanol–water partition coefficient (Wildman–Crippen LogP) is 2.59. The average Bonchev–Trinajstić information content (AvgIpc) is 2.34. The molecular weight excluding hydrogens is 245 g/mol. The largest absolute Gasteiger partial charge is 0.476 e. The van der Waals surface area contributed by atoms with Gasteiger partial charge in [0.05, 0.1) is 5.56 Å². The van der Waals surface area contributed by atoms with Crippen LogP contribution in [0.3, 0.4) is 0 Å². The lowest BCUT2D eigenvalue weighted by Crippen LogP contribution is -2.11. The maximum atomic E-state index is 12.6. The number of hydrogen-bond acceptors (Lipinski definition) is 3. The Bertz CT molecular complexity index is 555. The van der Waals surface area contributed by atoms with Crippen LogP contribution in [0, 0.1) is 0 Å². The van der Waals surface area contributed by atoms with Crippen molar-refractivity contribution in [3.8, 4) is 5.88 Å². The Morgan fingerprint density at radius 2 is 2.00 bits per heavy atom. The number of ether oxygens (including phenoxy) is 1. The minimum absolute atomic E-state index is 0.271. The van der Waals surface area contributed by atoms with E-state index >= 15 is 0 Å². The Labute approximate surface area is 101 Å². The fourth-order valence-corrected chi connectivity index (χ4v) is 1.60. The highest BCUT2D eigenvalue weighted by Crippen LogP contribution is 2.33. The number of halogens is 3. The van der Waals surface area contributed by atoms with E-state index in [1.807, 2.05) is 0 Å². The fraction of sp³-hybridized carbons (Fsp3) is 0.250. The first-order chi connectivity index (χ1) is 8.52. The highest BCUT2D eigenvalue weighted by Gasteiger charge is 2.30. The molecule has 0 fully saturated rings. The predicted molar refractivity (Wildman–Crippen MR) is 61.3 cm³/mol. The van der Waals surface area contributed by atoms with Gasteiger partial charge in [-0.25, -0.2) is 4.98 Å². The molecule has 0 saturated heterocycles. The summed E-state index contributed by atoms with van der Waals surface area (Å²) in [4.78, 5) is 3.98. The summed E-state index contributed by atoms with van der Waals surface area (Å²) in [5.74, 6) is 0.298. The van der Waals surface area contributed by atoms with Crippen molar-refractivity contribution in [1.29, 1.82) is 0 Å². The van der Waals surface area contributed by atoms with Crippen LogP contribution in [0.15, 0.2) is 30.5 Å². The third-order valence-electron chi connectivity index (χ3n) is 2.41. The van der Waals surface area contributed by atoms with Gasteiger partial charge in [0.15, 0.2) is 0 Å². The smallest absolute Gasteiger partial charge is 0.416 e. The van der Waals surface area contributed by atoms with Gasteiger partial charge in [0.1, 0.15) is 6.61 Å². The molecule has 18 heavy (non-hydrogen) atoms. The zero-order valence-corrected chi connectivity index (χ0v) is 9.37. The number of aromatic nitrogens is 1. The van der Waals surface area contributed by atoms with Crippen LogP contribution in [0.2, 0.25) is 0 Å². The van der Waals surface area contributed by atoms with Gasteiger partial charge in [-0.2, -0.15) is 13.2 Å². The number of hydrogen-bond donors (Lipinski definition) is 1. The molecular formula is C12H11F3N2O. The van der Waals surface area contributed by atoms with E-state index < -0.39 is 11.7 Å². The number of pyridine rings is 1. The molecule has 0 aliphatic heterocycles. The number of rotatable bonds is 3. The van der Waals surface area contributed by atoms with E-state index in [1.54, 1.807) is 0 Å². The molecule has 1 aromatic carbocycles. The second-order valence-corrected chi connectivity index (χ2v) is 3.69. The van der Waals surface area contributed by atoms with E-state index in [1.165, 1.54) is 18.3 Å². The Morgan fingerprint density at radius 3 is 2.67 bits per heavy atom. The van der Waals surface area contributed by atoms with Crippen LogP contribution in [0.25, 0.3) is 10.8 Å². The van der Waals surface area contributed by atoms with Crippen molar-refractivity contribution < 1.29 is 17.9 Å². The molecule has 0 radical (unpaired) electrons. The first kappa shape index (κ1) is 12.6. The number of benzene rings is 1. The van der Waals surface area contributed by atoms with Gasteiger partial charge in [0, 0.05) is 18.1 Å². The molecule has 0 aliphatic carbocycles. The van der Waals surface area contributed by atoms with E-state index in [0.29, 0.717) is 23.2 Å². The standard InChI is InChI=1S/C12H11F3N2O/c13-12(14,15)9-1-2-10-8(7-9)3-5-17-11(10)18-6-4-16/h1-3,5,7H,4,6,16H2. The SMILES string of the molecule is NCCOc1nccc2cc(C(F)(F)F)ccc12. The maximum absolute atomic E-state index is 12.6. The van der Waals surface area contributed by atoms with Crippen LogP contribution in [-0.4, -0.2) is 18.1 Å². The Kier molecular flexibility index (Phi) is 3.38. The maximum Gasteiger partial charge on any atom is 0.416 e. The summed E-state index contributed by atoms with van der Waals surface area (Å²) in [6.45, 7) is 0.589. The molecule has 0 amide bonds. The van der Waals surface area contributed by atoms with Gasteiger partial charge in [-0.3, -0.25) is 0 Å². The molecule has 0 bridgehead atoms. The second kappa shape index (κ2) is 4.81. The molecule has 1 heterocycles. The van der Waals surface area contributed by atoms with Gasteiger partial charge < -0.3 is 10.5 Å². The van der Waals surface area contributed by atoms with E-state index in [-0.39, 0.29) is 6.61 Å². The molecule has 2 aromatic rings. The molecule has 0 aliphatic rings. The van der Waals surface area contributed by atoms with Gasteiger partial charge in [0.25, 0.3) is 0 Å². The average molecular weight is 256 g/mol. The van der Waals surface area contributed by atoms with Crippen molar-refractivity contribution >= 4 is 10.8 Å². The normalized spacial score (nSPS) is 11.8. The number of nitrogens with zero attached hydrogens (tertiary/aromatic N) is 1.